The van der Waals surface area contributed by atoms with Crippen LogP contribution in [0, 0.1) is 0 Å². The van der Waals surface area contributed by atoms with Crippen molar-refractivity contribution >= 4 is 9.42 Å². The first kappa shape index (κ1) is 40.0. The van der Waals surface area contributed by atoms with Gasteiger partial charge in [0, 0.05) is 0 Å². The molecule has 9 N–H and O–H groups in total. The fourth-order valence-electron chi connectivity index (χ4n) is 0. The molecule has 0 spiro atoms. The Hall–Kier alpha value is 0.858. The summed E-state index contributed by atoms with van der Waals surface area (Å²) in [5, 5.41) is 0. The molecule has 0 bridgehead atoms. The van der Waals surface area contributed by atoms with E-state index in [2.05, 4.69) is 9.42 Å². The van der Waals surface area contributed by atoms with Crippen LogP contribution >= 0.6 is 9.42 Å². The normalized spacial score (nSPS) is 1.40. The first-order valence-corrected chi connectivity index (χ1v) is 2.94. The van der Waals surface area contributed by atoms with Crippen molar-refractivity contribution in [2.45, 2.75) is 0 Å². The predicted molar refractivity (Wildman–Crippen MR) is 20.9 cm³/mol. The van der Waals surface area contributed by atoms with Crippen LogP contribution in [0.5, 0.6) is 0 Å². The van der Waals surface area contributed by atoms with Gasteiger partial charge in [0.1, 0.15) is 0 Å². The SMILES string of the molecule is N.N.N.[Cl][Pt]. The monoisotopic (exact) mass is 281 g/mol. The molecule has 0 aromatic carbocycles. The van der Waals surface area contributed by atoms with E-state index in [1.165, 1.54) is 0 Å². The van der Waals surface area contributed by atoms with Gasteiger partial charge in [-0.1, -0.05) is 0 Å². The molecular weight excluding hydrogens is 273 g/mol. The summed E-state index contributed by atoms with van der Waals surface area (Å²) in [4.78, 5) is 0. The second kappa shape index (κ2) is 98.2. The van der Waals surface area contributed by atoms with E-state index >= 15 is 0 Å². The summed E-state index contributed by atoms with van der Waals surface area (Å²) in [6, 6.07) is 0. The van der Waals surface area contributed by atoms with Crippen molar-refractivity contribution in [3.05, 3.63) is 0 Å². The van der Waals surface area contributed by atoms with Gasteiger partial charge in [0.25, 0.3) is 0 Å². The van der Waals surface area contributed by atoms with Gasteiger partial charge in [-0.2, -0.15) is 0 Å². The topological polar surface area (TPSA) is 105 Å². The van der Waals surface area contributed by atoms with E-state index in [0.29, 0.717) is 0 Å². The van der Waals surface area contributed by atoms with Crippen molar-refractivity contribution in [1.29, 1.82) is 0 Å². The molecule has 0 aliphatic carbocycles. The summed E-state index contributed by atoms with van der Waals surface area (Å²) in [7, 11) is 4.61. The van der Waals surface area contributed by atoms with Gasteiger partial charge < -0.3 is 18.5 Å². The average molecular weight is 282 g/mol. The Bertz CT molecular complexity index is 6.85. The van der Waals surface area contributed by atoms with E-state index in [1.54, 1.807) is 18.8 Å². The third-order valence-corrected chi connectivity index (χ3v) is 0. The zero-order valence-corrected chi connectivity index (χ0v) is 5.84. The third-order valence-electron chi connectivity index (χ3n) is 0. The molecule has 0 saturated heterocycles. The zero-order valence-electron chi connectivity index (χ0n) is 2.82. The minimum atomic E-state index is 0. The number of rotatable bonds is 0. The van der Waals surface area contributed by atoms with Gasteiger partial charge in [0.2, 0.25) is 0 Å². The average Bonchev–Trinajstić information content (AvgIpc) is 1.00. The number of halogens is 1. The molecule has 0 aliphatic rings. The molecule has 0 heterocycles. The van der Waals surface area contributed by atoms with Crippen molar-refractivity contribution in [2.24, 2.45) is 0 Å². The van der Waals surface area contributed by atoms with Gasteiger partial charge in [0.15, 0.2) is 0 Å². The van der Waals surface area contributed by atoms with Crippen LogP contribution in [-0.2, 0) is 18.8 Å². The Morgan fingerprint density at radius 1 is 0.800 bits per heavy atom. The Kier molecular flexibility index (Phi) is 786. The van der Waals surface area contributed by atoms with Crippen LogP contribution in [0.4, 0.5) is 0 Å². The summed E-state index contributed by atoms with van der Waals surface area (Å²) in [5.74, 6) is 0. The molecule has 0 saturated carbocycles. The van der Waals surface area contributed by atoms with Crippen LogP contribution in [0.25, 0.3) is 0 Å². The van der Waals surface area contributed by atoms with Crippen LogP contribution in [0.15, 0.2) is 0 Å². The minimum absolute atomic E-state index is 0. The molecule has 3 nitrogen and oxygen atoms in total. The van der Waals surface area contributed by atoms with E-state index < -0.39 is 0 Å². The molecule has 0 atom stereocenters. The maximum absolute atomic E-state index is 4.61. The van der Waals surface area contributed by atoms with E-state index in [9.17, 15) is 0 Å². The van der Waals surface area contributed by atoms with Crippen molar-refractivity contribution in [3.63, 3.8) is 0 Å². The Morgan fingerprint density at radius 2 is 0.800 bits per heavy atom. The molecule has 0 aromatic rings. The van der Waals surface area contributed by atoms with Crippen LogP contribution in [-0.4, -0.2) is 0 Å². The molecule has 0 aliphatic heterocycles. The Labute approximate surface area is 47.0 Å². The molecule has 5 heteroatoms. The molecular formula is H9ClN3Pt. The zero-order chi connectivity index (χ0) is 2.00. The molecule has 0 unspecified atom stereocenters. The van der Waals surface area contributed by atoms with E-state index in [4.69, 9.17) is 0 Å². The Morgan fingerprint density at radius 3 is 0.800 bits per heavy atom. The molecule has 0 aromatic heterocycles. The molecule has 0 fully saturated rings. The van der Waals surface area contributed by atoms with Crippen LogP contribution in [0.2, 0.25) is 0 Å². The van der Waals surface area contributed by atoms with Gasteiger partial charge in [-0.25, -0.2) is 0 Å². The van der Waals surface area contributed by atoms with Gasteiger partial charge in [0.05, 0.1) is 0 Å². The van der Waals surface area contributed by atoms with Crippen LogP contribution < -0.4 is 18.5 Å². The molecule has 41 valence electrons. The summed E-state index contributed by atoms with van der Waals surface area (Å²) in [6.07, 6.45) is 0. The van der Waals surface area contributed by atoms with Gasteiger partial charge in [-0.05, 0) is 0 Å². The number of hydrogen-bond donors (Lipinski definition) is 3. The van der Waals surface area contributed by atoms with Crippen molar-refractivity contribution in [3.8, 4) is 0 Å². The van der Waals surface area contributed by atoms with E-state index in [-0.39, 0.29) is 18.5 Å². The molecule has 0 amide bonds. The molecule has 5 heavy (non-hydrogen) atoms. The van der Waals surface area contributed by atoms with Crippen molar-refractivity contribution < 1.29 is 18.8 Å². The first-order valence-electron chi connectivity index (χ1n) is 0.120. The van der Waals surface area contributed by atoms with Crippen LogP contribution in [0.3, 0.4) is 0 Å². The summed E-state index contributed by atoms with van der Waals surface area (Å²) in [5.41, 5.74) is 0. The summed E-state index contributed by atoms with van der Waals surface area (Å²) < 4.78 is 0. The number of hydrogen-bond acceptors (Lipinski definition) is 3. The van der Waals surface area contributed by atoms with E-state index in [1.807, 2.05) is 0 Å². The van der Waals surface area contributed by atoms with Gasteiger partial charge >= 0.3 is 28.2 Å². The maximum atomic E-state index is 4.61. The Balaban J connectivity index is -0.00000000167. The standard InChI is InChI=1S/ClH.3H3N.Pt/h1H;3*1H3;/q;;;;+1/p-1. The molecule has 0 radical (unpaired) electrons. The summed E-state index contributed by atoms with van der Waals surface area (Å²) in [6.45, 7) is 0. The fourth-order valence-corrected chi connectivity index (χ4v) is 0. The quantitative estimate of drug-likeness (QED) is 0.620. The summed E-state index contributed by atoms with van der Waals surface area (Å²) >= 11 is 1.61. The van der Waals surface area contributed by atoms with Crippen molar-refractivity contribution in [1.82, 2.24) is 18.5 Å². The van der Waals surface area contributed by atoms with Crippen molar-refractivity contribution in [2.75, 3.05) is 0 Å². The van der Waals surface area contributed by atoms with E-state index in [0.717, 1.165) is 0 Å². The van der Waals surface area contributed by atoms with Crippen LogP contribution in [0.1, 0.15) is 0 Å². The van der Waals surface area contributed by atoms with Gasteiger partial charge in [-0.15, -0.1) is 0 Å². The third kappa shape index (κ3) is 53.9. The predicted octanol–water partition coefficient (Wildman–Crippen LogP) is 1.17. The molecule has 0 rings (SSSR count). The first-order chi connectivity index (χ1) is 1.00. The second-order valence-electron chi connectivity index (χ2n) is 0. The van der Waals surface area contributed by atoms with Gasteiger partial charge in [-0.3, -0.25) is 0 Å². The second-order valence-corrected chi connectivity index (χ2v) is 0. The fraction of sp³-hybridized carbons (Fsp3) is 0.